The van der Waals surface area contributed by atoms with Crippen LogP contribution in [0.15, 0.2) is 36.7 Å². The van der Waals surface area contributed by atoms with Gasteiger partial charge in [0.25, 0.3) is 5.91 Å². The van der Waals surface area contributed by atoms with E-state index in [1.807, 2.05) is 24.3 Å². The van der Waals surface area contributed by atoms with E-state index in [4.69, 9.17) is 17.3 Å². The van der Waals surface area contributed by atoms with Gasteiger partial charge >= 0.3 is 0 Å². The molecule has 0 aliphatic rings. The van der Waals surface area contributed by atoms with Gasteiger partial charge in [-0.2, -0.15) is 0 Å². The van der Waals surface area contributed by atoms with Crippen LogP contribution in [0.1, 0.15) is 21.9 Å². The molecule has 3 N–H and O–H groups in total. The van der Waals surface area contributed by atoms with E-state index < -0.39 is 5.91 Å². The number of H-pyrrole nitrogens is 1. The lowest BCUT2D eigenvalue weighted by Crippen LogP contribution is -2.11. The highest BCUT2D eigenvalue weighted by Gasteiger charge is 2.07. The molecule has 6 heteroatoms. The molecule has 2 aromatic heterocycles. The van der Waals surface area contributed by atoms with Crippen LogP contribution >= 0.6 is 11.6 Å². The van der Waals surface area contributed by atoms with Gasteiger partial charge in [-0.25, -0.2) is 4.98 Å². The zero-order valence-corrected chi connectivity index (χ0v) is 11.2. The number of aromatic nitrogens is 3. The number of aromatic amines is 1. The maximum atomic E-state index is 11.0. The van der Waals surface area contributed by atoms with Gasteiger partial charge in [0.2, 0.25) is 0 Å². The van der Waals surface area contributed by atoms with E-state index in [1.54, 1.807) is 6.20 Å². The first-order valence-corrected chi connectivity index (χ1v) is 6.38. The third kappa shape index (κ3) is 2.48. The fourth-order valence-electron chi connectivity index (χ4n) is 2.04. The molecule has 0 saturated heterocycles. The quantitative estimate of drug-likeness (QED) is 0.775. The number of carbonyl (C=O) groups is 1. The molecular weight excluding hydrogens is 276 g/mol. The number of benzene rings is 1. The molecule has 0 fully saturated rings. The third-order valence-electron chi connectivity index (χ3n) is 2.97. The van der Waals surface area contributed by atoms with Crippen molar-refractivity contribution in [3.05, 3.63) is 58.8 Å². The van der Waals surface area contributed by atoms with Gasteiger partial charge in [-0.15, -0.1) is 0 Å². The zero-order chi connectivity index (χ0) is 14.1. The van der Waals surface area contributed by atoms with Crippen LogP contribution < -0.4 is 5.73 Å². The van der Waals surface area contributed by atoms with E-state index in [1.165, 1.54) is 6.20 Å². The molecule has 20 heavy (non-hydrogen) atoms. The van der Waals surface area contributed by atoms with Crippen molar-refractivity contribution in [3.8, 4) is 0 Å². The molecule has 5 nitrogen and oxygen atoms in total. The van der Waals surface area contributed by atoms with Crippen molar-refractivity contribution >= 4 is 28.4 Å². The van der Waals surface area contributed by atoms with Gasteiger partial charge in [-0.1, -0.05) is 17.7 Å². The molecule has 0 aliphatic heterocycles. The molecule has 0 spiro atoms. The van der Waals surface area contributed by atoms with Crippen molar-refractivity contribution in [2.45, 2.75) is 6.42 Å². The average molecular weight is 287 g/mol. The molecular formula is C14H11ClN4O. The topological polar surface area (TPSA) is 84.7 Å². The summed E-state index contributed by atoms with van der Waals surface area (Å²) in [5.41, 5.74) is 7.34. The van der Waals surface area contributed by atoms with E-state index in [2.05, 4.69) is 15.0 Å². The van der Waals surface area contributed by atoms with Crippen LogP contribution in [-0.2, 0) is 6.42 Å². The second-order valence-corrected chi connectivity index (χ2v) is 4.89. The minimum Gasteiger partial charge on any atom is -0.364 e. The van der Waals surface area contributed by atoms with Crippen LogP contribution in [0.3, 0.4) is 0 Å². The van der Waals surface area contributed by atoms with Gasteiger partial charge < -0.3 is 10.7 Å². The number of amides is 1. The van der Waals surface area contributed by atoms with Gasteiger partial charge in [0, 0.05) is 24.2 Å². The molecule has 1 aromatic carbocycles. The van der Waals surface area contributed by atoms with Gasteiger partial charge in [0.15, 0.2) is 0 Å². The number of hydrogen-bond donors (Lipinski definition) is 2. The Kier molecular flexibility index (Phi) is 3.12. The summed E-state index contributed by atoms with van der Waals surface area (Å²) in [4.78, 5) is 22.3. The van der Waals surface area contributed by atoms with E-state index in [0.717, 1.165) is 16.5 Å². The lowest BCUT2D eigenvalue weighted by molar-refractivity contribution is 0.0996. The van der Waals surface area contributed by atoms with Crippen LogP contribution in [0.25, 0.3) is 10.9 Å². The number of imidazole rings is 1. The van der Waals surface area contributed by atoms with Crippen molar-refractivity contribution in [1.82, 2.24) is 15.0 Å². The molecule has 0 atom stereocenters. The summed E-state index contributed by atoms with van der Waals surface area (Å²) in [5, 5.41) is 1.57. The van der Waals surface area contributed by atoms with Crippen LogP contribution in [0.2, 0.25) is 5.02 Å². The number of fused-ring (bicyclic) bond motifs is 1. The lowest BCUT2D eigenvalue weighted by Gasteiger charge is -2.02. The minimum atomic E-state index is -0.540. The highest BCUT2D eigenvalue weighted by Crippen LogP contribution is 2.19. The molecule has 100 valence electrons. The normalized spacial score (nSPS) is 10.8. The zero-order valence-electron chi connectivity index (χ0n) is 10.4. The smallest absolute Gasteiger partial charge is 0.268 e. The van der Waals surface area contributed by atoms with E-state index in [9.17, 15) is 4.79 Å². The fraction of sp³-hybridized carbons (Fsp3) is 0.0714. The highest BCUT2D eigenvalue weighted by atomic mass is 35.5. The number of carbonyl (C=O) groups excluding carboxylic acids is 1. The van der Waals surface area contributed by atoms with Crippen LogP contribution in [0.5, 0.6) is 0 Å². The average Bonchev–Trinajstić information content (AvgIpc) is 2.87. The third-order valence-corrected chi connectivity index (χ3v) is 3.17. The summed E-state index contributed by atoms with van der Waals surface area (Å²) in [5.74, 6) is 0.148. The predicted octanol–water partition coefficient (Wildman–Crippen LogP) is 2.30. The Morgan fingerprint density at radius 3 is 2.95 bits per heavy atom. The van der Waals surface area contributed by atoms with Crippen molar-refractivity contribution in [2.24, 2.45) is 5.73 Å². The Labute approximate surface area is 119 Å². The molecule has 0 bridgehead atoms. The number of nitrogens with one attached hydrogen (secondary N) is 1. The first-order chi connectivity index (χ1) is 9.61. The van der Waals surface area contributed by atoms with Crippen LogP contribution in [-0.4, -0.2) is 20.9 Å². The predicted molar refractivity (Wildman–Crippen MR) is 76.7 cm³/mol. The van der Waals surface area contributed by atoms with E-state index in [-0.39, 0.29) is 5.69 Å². The number of nitrogens with zero attached hydrogens (tertiary/aromatic N) is 2. The molecule has 2 heterocycles. The van der Waals surface area contributed by atoms with Crippen molar-refractivity contribution in [1.29, 1.82) is 0 Å². The summed E-state index contributed by atoms with van der Waals surface area (Å²) >= 11 is 5.94. The number of primary amides is 1. The molecule has 0 radical (unpaired) electrons. The summed E-state index contributed by atoms with van der Waals surface area (Å²) in [6.07, 6.45) is 3.71. The minimum absolute atomic E-state index is 0.241. The lowest BCUT2D eigenvalue weighted by atomic mass is 10.1. The fourth-order valence-corrected chi connectivity index (χ4v) is 2.20. The number of nitrogens with two attached hydrogens (primary N) is 1. The second-order valence-electron chi connectivity index (χ2n) is 4.45. The van der Waals surface area contributed by atoms with E-state index >= 15 is 0 Å². The highest BCUT2D eigenvalue weighted by molar-refractivity contribution is 6.31. The summed E-state index contributed by atoms with van der Waals surface area (Å²) in [6, 6.07) is 7.76. The van der Waals surface area contributed by atoms with Crippen molar-refractivity contribution < 1.29 is 4.79 Å². The molecule has 0 unspecified atom stereocenters. The standard InChI is InChI=1S/C14H11ClN4O/c15-10-5-9-3-8(1-2-11(9)17-6-10)4-13-18-7-12(19-13)14(16)20/h1-3,5-7H,4H2,(H2,16,20)(H,18,19). The monoisotopic (exact) mass is 286 g/mol. The maximum Gasteiger partial charge on any atom is 0.268 e. The SMILES string of the molecule is NC(=O)c1c[nH]c(Cc2ccc3ncc(Cl)cc3c2)n1. The number of pyridine rings is 1. The number of rotatable bonds is 3. The van der Waals surface area contributed by atoms with Gasteiger partial charge in [0.05, 0.1) is 10.5 Å². The van der Waals surface area contributed by atoms with Gasteiger partial charge in [-0.05, 0) is 23.8 Å². The first kappa shape index (κ1) is 12.6. The summed E-state index contributed by atoms with van der Waals surface area (Å²) in [6.45, 7) is 0. The Morgan fingerprint density at radius 1 is 1.35 bits per heavy atom. The van der Waals surface area contributed by atoms with Crippen molar-refractivity contribution in [2.75, 3.05) is 0 Å². The molecule has 0 aliphatic carbocycles. The molecule has 3 rings (SSSR count). The van der Waals surface area contributed by atoms with E-state index in [0.29, 0.717) is 17.3 Å². The Balaban J connectivity index is 1.91. The summed E-state index contributed by atoms with van der Waals surface area (Å²) in [7, 11) is 0. The summed E-state index contributed by atoms with van der Waals surface area (Å²) < 4.78 is 0. The largest absolute Gasteiger partial charge is 0.364 e. The number of halogens is 1. The number of hydrogen-bond acceptors (Lipinski definition) is 3. The molecule has 3 aromatic rings. The van der Waals surface area contributed by atoms with Crippen molar-refractivity contribution in [3.63, 3.8) is 0 Å². The molecule has 1 amide bonds. The molecule has 0 saturated carbocycles. The Morgan fingerprint density at radius 2 is 2.20 bits per heavy atom. The van der Waals surface area contributed by atoms with Crippen LogP contribution in [0, 0.1) is 0 Å². The first-order valence-electron chi connectivity index (χ1n) is 6.00. The van der Waals surface area contributed by atoms with Crippen LogP contribution in [0.4, 0.5) is 0 Å². The second kappa shape index (κ2) is 4.94. The van der Waals surface area contributed by atoms with Gasteiger partial charge in [-0.3, -0.25) is 9.78 Å². The Bertz CT molecular complexity index is 797. The van der Waals surface area contributed by atoms with Gasteiger partial charge in [0.1, 0.15) is 11.5 Å². The maximum absolute atomic E-state index is 11.0. The Hall–Kier alpha value is -2.40.